The molecule has 246 valence electrons. The van der Waals surface area contributed by atoms with E-state index in [4.69, 9.17) is 4.74 Å². The predicted octanol–water partition coefficient (Wildman–Crippen LogP) is 7.92. The molecule has 4 atom stereocenters. The molecule has 1 unspecified atom stereocenters. The van der Waals surface area contributed by atoms with Crippen LogP contribution in [-0.4, -0.2) is 15.8 Å². The number of rotatable bonds is 0. The van der Waals surface area contributed by atoms with Gasteiger partial charge in [0.15, 0.2) is 11.2 Å². The average molecular weight is 653 g/mol. The van der Waals surface area contributed by atoms with Gasteiger partial charge in [-0.3, -0.25) is 0 Å². The summed E-state index contributed by atoms with van der Waals surface area (Å²) in [6.45, 7) is 24.3. The van der Waals surface area contributed by atoms with E-state index in [-0.39, 0.29) is 0 Å². The molecule has 2 spiro atoms. The van der Waals surface area contributed by atoms with E-state index >= 15 is 0 Å². The van der Waals surface area contributed by atoms with Crippen LogP contribution in [0.2, 0.25) is 0 Å². The highest BCUT2D eigenvalue weighted by Crippen LogP contribution is 2.83. The van der Waals surface area contributed by atoms with Crippen LogP contribution in [0, 0.1) is 55.4 Å². The highest BCUT2D eigenvalue weighted by atomic mass is 16.6. The number of allylic oxidation sites excluding steroid dienone is 1. The van der Waals surface area contributed by atoms with Gasteiger partial charge in [0.2, 0.25) is 0 Å². The van der Waals surface area contributed by atoms with Crippen molar-refractivity contribution in [2.45, 2.75) is 98.6 Å². The van der Waals surface area contributed by atoms with Crippen LogP contribution in [0.4, 0.5) is 0 Å². The van der Waals surface area contributed by atoms with Gasteiger partial charge < -0.3 is 14.9 Å². The van der Waals surface area contributed by atoms with E-state index in [1.54, 1.807) is 0 Å². The summed E-state index contributed by atoms with van der Waals surface area (Å²) in [7, 11) is 0. The van der Waals surface area contributed by atoms with Gasteiger partial charge in [0.1, 0.15) is 11.2 Å². The van der Waals surface area contributed by atoms with Gasteiger partial charge in [0.05, 0.1) is 0 Å². The van der Waals surface area contributed by atoms with Crippen molar-refractivity contribution in [3.63, 3.8) is 0 Å². The number of hydrogen-bond acceptors (Lipinski definition) is 3. The Labute approximate surface area is 292 Å². The molecule has 3 heteroatoms. The quantitative estimate of drug-likeness (QED) is 0.167. The highest BCUT2D eigenvalue weighted by Gasteiger charge is 2.86. The Kier molecular flexibility index (Phi) is 4.27. The maximum atomic E-state index is 14.4. The molecular weight excluding hydrogens is 613 g/mol. The van der Waals surface area contributed by atoms with Gasteiger partial charge in [-0.2, -0.15) is 0 Å². The van der Waals surface area contributed by atoms with Crippen LogP contribution in [0.15, 0.2) is 35.9 Å². The van der Waals surface area contributed by atoms with Gasteiger partial charge in [0.25, 0.3) is 0 Å². The maximum absolute atomic E-state index is 14.4. The Hall–Kier alpha value is -4.28. The van der Waals surface area contributed by atoms with Gasteiger partial charge in [-0.05, 0) is 198 Å². The summed E-state index contributed by atoms with van der Waals surface area (Å²) in [5, 5.41) is 32.5. The summed E-state index contributed by atoms with van der Waals surface area (Å²) in [6, 6.07) is 11.5. The van der Waals surface area contributed by atoms with E-state index in [2.05, 4.69) is 99.6 Å². The first kappa shape index (κ1) is 28.4. The Balaban J connectivity index is 1.52. The van der Waals surface area contributed by atoms with E-state index in [1.807, 2.05) is 6.92 Å². The lowest BCUT2D eigenvalue weighted by molar-refractivity contribution is 0.0624. The molecule has 1 saturated heterocycles. The lowest BCUT2D eigenvalue weighted by Gasteiger charge is -2.56. The van der Waals surface area contributed by atoms with Crippen LogP contribution in [-0.2, 0) is 21.5 Å². The smallest absolute Gasteiger partial charge is 0.159 e. The Morgan fingerprint density at radius 2 is 1.16 bits per heavy atom. The fourth-order valence-electron chi connectivity index (χ4n) is 13.0. The summed E-state index contributed by atoms with van der Waals surface area (Å²) < 4.78 is 7.81. The monoisotopic (exact) mass is 652 g/mol. The number of hydrogen-bond donors (Lipinski definition) is 2. The van der Waals surface area contributed by atoms with Gasteiger partial charge in [-0.1, -0.05) is 30.3 Å². The van der Waals surface area contributed by atoms with Crippen LogP contribution >= 0.6 is 0 Å². The largest absolute Gasteiger partial charge is 0.381 e. The second-order valence-electron chi connectivity index (χ2n) is 17.0. The number of fused-ring (bicyclic) bond motifs is 2. The average Bonchev–Trinajstić information content (AvgIpc) is 3.73. The molecular formula is C47H40O3. The van der Waals surface area contributed by atoms with Crippen molar-refractivity contribution < 1.29 is 14.9 Å². The molecule has 0 aromatic heterocycles. The maximum Gasteiger partial charge on any atom is 0.159 e. The first-order valence-electron chi connectivity index (χ1n) is 18.2. The van der Waals surface area contributed by atoms with Crippen molar-refractivity contribution >= 4 is 27.5 Å². The third-order valence-corrected chi connectivity index (χ3v) is 15.0. The van der Waals surface area contributed by atoms with Crippen molar-refractivity contribution in [2.24, 2.45) is 0 Å². The molecule has 3 nitrogen and oxygen atoms in total. The predicted molar refractivity (Wildman–Crippen MR) is 200 cm³/mol. The van der Waals surface area contributed by atoms with Crippen molar-refractivity contribution in [2.75, 3.05) is 0 Å². The number of aryl methyl sites for hydroxylation is 6. The molecule has 2 N–H and O–H groups in total. The molecule has 0 radical (unpaired) electrons. The summed E-state index contributed by atoms with van der Waals surface area (Å²) >= 11 is 0. The van der Waals surface area contributed by atoms with Crippen LogP contribution in [0.25, 0.3) is 49.7 Å². The Morgan fingerprint density at radius 3 is 1.90 bits per heavy atom. The summed E-state index contributed by atoms with van der Waals surface area (Å²) in [4.78, 5) is 0. The van der Waals surface area contributed by atoms with Crippen LogP contribution < -0.4 is 10.4 Å². The first-order valence-corrected chi connectivity index (χ1v) is 18.2. The zero-order chi connectivity index (χ0) is 34.8. The minimum atomic E-state index is -1.50. The highest BCUT2D eigenvalue weighted by molar-refractivity contribution is 6.16. The number of epoxide rings is 1. The number of aliphatic hydroxyl groups is 2. The molecule has 1 aliphatic heterocycles. The SMILES string of the molecule is CC1=C2C(C)=c3c(C)c(C)cc4c3=C3[C@]5(O)c6c-4ccc(C)c6C(C)(O)c4c5c5c6c(cc(C)c(C)c6c4C)-c4cc(C)c(C)c1c4[C@@]51O[C@@]231. The lowest BCUT2D eigenvalue weighted by atomic mass is 9.46. The molecule has 0 amide bonds. The van der Waals surface area contributed by atoms with Gasteiger partial charge in [-0.15, -0.1) is 0 Å². The zero-order valence-electron chi connectivity index (χ0n) is 30.7. The van der Waals surface area contributed by atoms with E-state index in [1.165, 1.54) is 88.3 Å². The van der Waals surface area contributed by atoms with Crippen LogP contribution in [0.3, 0.4) is 0 Å². The molecule has 12 rings (SSSR count). The standard InChI is InChI=1S/C47H40O3/c1-17-12-13-27-28-14-18(2)22(6)32-24(8)37-26(10)33-23(7)20(4)16-30-29-15-19(3)21(5)31-25(9)38-42-41(34(29)31)46(39(30)33)47(37,50-46)43(35(28)32)45(42,49)40(27)36(17)44(38,11)48/h12-16,48-49H,1-11H3/t44?,45-,46+,47-/m0/s1. The third-order valence-electron chi connectivity index (χ3n) is 15.0. The number of benzene rings is 5. The van der Waals surface area contributed by atoms with Crippen LogP contribution in [0.1, 0.15) is 104 Å². The first-order chi connectivity index (χ1) is 23.6. The minimum absolute atomic E-state index is 0.818. The normalized spacial score (nSPS) is 28.6. The molecule has 5 aromatic rings. The Morgan fingerprint density at radius 1 is 0.500 bits per heavy atom. The minimum Gasteiger partial charge on any atom is -0.381 e. The topological polar surface area (TPSA) is 53.0 Å². The zero-order valence-corrected chi connectivity index (χ0v) is 30.7. The van der Waals surface area contributed by atoms with Crippen molar-refractivity contribution in [3.8, 4) is 22.3 Å². The van der Waals surface area contributed by atoms with E-state index in [9.17, 15) is 10.2 Å². The second kappa shape index (κ2) is 7.51. The summed E-state index contributed by atoms with van der Waals surface area (Å²) in [5.74, 6) is 0. The van der Waals surface area contributed by atoms with E-state index < -0.39 is 22.4 Å². The van der Waals surface area contributed by atoms with Gasteiger partial charge in [0, 0.05) is 27.8 Å². The molecule has 0 saturated carbocycles. The molecule has 1 fully saturated rings. The second-order valence-corrected chi connectivity index (χ2v) is 17.0. The Bertz CT molecular complexity index is 2930. The lowest BCUT2D eigenvalue weighted by Crippen LogP contribution is -2.60. The molecule has 0 bridgehead atoms. The van der Waals surface area contributed by atoms with E-state index in [0.717, 1.165) is 60.9 Å². The molecule has 7 aliphatic rings. The van der Waals surface area contributed by atoms with E-state index in [0.29, 0.717) is 0 Å². The summed E-state index contributed by atoms with van der Waals surface area (Å²) in [5.41, 5.74) is 21.4. The summed E-state index contributed by atoms with van der Waals surface area (Å²) in [6.07, 6.45) is 0. The van der Waals surface area contributed by atoms with Gasteiger partial charge >= 0.3 is 0 Å². The third kappa shape index (κ3) is 2.26. The number of ether oxygens (including phenoxy) is 1. The van der Waals surface area contributed by atoms with Crippen molar-refractivity contribution in [1.82, 2.24) is 0 Å². The molecule has 1 heterocycles. The molecule has 5 aromatic carbocycles. The fraction of sp³-hybridized carbons (Fsp3) is 0.319. The van der Waals surface area contributed by atoms with Crippen molar-refractivity contribution in [1.29, 1.82) is 0 Å². The fourth-order valence-corrected chi connectivity index (χ4v) is 13.0. The van der Waals surface area contributed by atoms with Crippen molar-refractivity contribution in [3.05, 3.63) is 130 Å². The van der Waals surface area contributed by atoms with Crippen LogP contribution in [0.5, 0.6) is 0 Å². The van der Waals surface area contributed by atoms with Gasteiger partial charge in [-0.25, -0.2) is 0 Å². The molecule has 50 heavy (non-hydrogen) atoms. The molecule has 6 aliphatic carbocycles.